The molecule has 0 aliphatic heterocycles. The van der Waals surface area contributed by atoms with E-state index in [-0.39, 0.29) is 11.3 Å². The number of carbonyl (C=O) groups excluding carboxylic acids is 1. The Kier molecular flexibility index (Phi) is 4.45. The summed E-state index contributed by atoms with van der Waals surface area (Å²) in [7, 11) is 1.55. The molecule has 0 saturated carbocycles. The highest BCUT2D eigenvalue weighted by Gasteiger charge is 2.16. The zero-order valence-electron chi connectivity index (χ0n) is 11.5. The minimum Gasteiger partial charge on any atom is -0.497 e. The van der Waals surface area contributed by atoms with Gasteiger partial charge in [0.05, 0.1) is 17.7 Å². The van der Waals surface area contributed by atoms with Gasteiger partial charge in [-0.2, -0.15) is 5.26 Å². The number of nitrogens with zero attached hydrogens (tertiary/aromatic N) is 1. The van der Waals surface area contributed by atoms with E-state index in [9.17, 15) is 9.59 Å². The van der Waals surface area contributed by atoms with Crippen molar-refractivity contribution in [2.45, 2.75) is 5.03 Å². The third kappa shape index (κ3) is 2.98. The molecule has 5 nitrogen and oxygen atoms in total. The fraction of sp³-hybridized carbons (Fsp3) is 0.133. The highest BCUT2D eigenvalue weighted by atomic mass is 32.2. The predicted octanol–water partition coefficient (Wildman–Crippen LogP) is 2.21. The number of aromatic nitrogens is 1. The molecule has 106 valence electrons. The van der Waals surface area contributed by atoms with Gasteiger partial charge in [0.1, 0.15) is 17.4 Å². The molecule has 21 heavy (non-hydrogen) atoms. The van der Waals surface area contributed by atoms with Gasteiger partial charge >= 0.3 is 0 Å². The van der Waals surface area contributed by atoms with Crippen LogP contribution >= 0.6 is 11.8 Å². The summed E-state index contributed by atoms with van der Waals surface area (Å²) >= 11 is 1.25. The molecule has 0 spiro atoms. The van der Waals surface area contributed by atoms with E-state index >= 15 is 0 Å². The highest BCUT2D eigenvalue weighted by molar-refractivity contribution is 7.98. The molecule has 1 N–H and O–H groups in total. The molecule has 6 heteroatoms. The third-order valence-electron chi connectivity index (χ3n) is 2.93. The topological polar surface area (TPSA) is 82.9 Å². The van der Waals surface area contributed by atoms with Crippen LogP contribution in [0.3, 0.4) is 0 Å². The van der Waals surface area contributed by atoms with Crippen molar-refractivity contribution >= 4 is 17.5 Å². The summed E-state index contributed by atoms with van der Waals surface area (Å²) in [5.41, 5.74) is 0.198. The van der Waals surface area contributed by atoms with Gasteiger partial charge in [-0.25, -0.2) is 0 Å². The van der Waals surface area contributed by atoms with Crippen LogP contribution in [0.2, 0.25) is 0 Å². The Morgan fingerprint density at radius 3 is 2.52 bits per heavy atom. The van der Waals surface area contributed by atoms with Crippen LogP contribution in [0.5, 0.6) is 5.75 Å². The van der Waals surface area contributed by atoms with E-state index in [2.05, 4.69) is 4.98 Å². The van der Waals surface area contributed by atoms with Crippen LogP contribution in [0, 0.1) is 11.3 Å². The molecule has 0 fully saturated rings. The van der Waals surface area contributed by atoms with E-state index < -0.39 is 5.56 Å². The van der Waals surface area contributed by atoms with Crippen molar-refractivity contribution in [1.29, 1.82) is 5.26 Å². The van der Waals surface area contributed by atoms with Crippen molar-refractivity contribution in [2.75, 3.05) is 13.4 Å². The summed E-state index contributed by atoms with van der Waals surface area (Å²) in [6.07, 6.45) is 1.75. The number of rotatable bonds is 4. The lowest BCUT2D eigenvalue weighted by atomic mass is 10.0. The molecule has 1 aromatic heterocycles. The molecule has 0 radical (unpaired) electrons. The van der Waals surface area contributed by atoms with Crippen molar-refractivity contribution in [1.82, 2.24) is 4.98 Å². The van der Waals surface area contributed by atoms with Gasteiger partial charge in [-0.3, -0.25) is 9.59 Å². The summed E-state index contributed by atoms with van der Waals surface area (Å²) in [4.78, 5) is 26.7. The van der Waals surface area contributed by atoms with Crippen molar-refractivity contribution in [2.24, 2.45) is 0 Å². The average Bonchev–Trinajstić information content (AvgIpc) is 2.54. The first-order chi connectivity index (χ1) is 10.1. The number of H-pyrrole nitrogens is 1. The lowest BCUT2D eigenvalue weighted by molar-refractivity contribution is 0.103. The number of ether oxygens (including phenoxy) is 1. The molecule has 0 atom stereocenters. The number of benzene rings is 1. The molecule has 0 amide bonds. The van der Waals surface area contributed by atoms with Crippen LogP contribution in [0.15, 0.2) is 40.2 Å². The van der Waals surface area contributed by atoms with Crippen LogP contribution in [-0.4, -0.2) is 24.1 Å². The molecule has 2 rings (SSSR count). The van der Waals surface area contributed by atoms with E-state index in [1.165, 1.54) is 17.8 Å². The van der Waals surface area contributed by atoms with Crippen molar-refractivity contribution in [3.05, 3.63) is 57.4 Å². The molecule has 0 aliphatic carbocycles. The molecule has 2 aromatic rings. The van der Waals surface area contributed by atoms with Crippen LogP contribution in [0.25, 0.3) is 0 Å². The molecule has 0 bridgehead atoms. The standard InChI is InChI=1S/C15H12N2O3S/c1-20-11-5-3-9(4-6-11)13(18)12-7-10(8-16)14(19)17-15(12)21-2/h3-7H,1-2H3,(H,17,19). The van der Waals surface area contributed by atoms with E-state index in [0.29, 0.717) is 21.9 Å². The summed E-state index contributed by atoms with van der Waals surface area (Å²) in [6.45, 7) is 0. The maximum Gasteiger partial charge on any atom is 0.266 e. The number of nitriles is 1. The number of carbonyl (C=O) groups is 1. The molecule has 0 aliphatic rings. The van der Waals surface area contributed by atoms with Gasteiger partial charge in [-0.15, -0.1) is 11.8 Å². The van der Waals surface area contributed by atoms with Gasteiger partial charge in [-0.05, 0) is 36.6 Å². The van der Waals surface area contributed by atoms with E-state index in [1.807, 2.05) is 0 Å². The number of thioether (sulfide) groups is 1. The van der Waals surface area contributed by atoms with Crippen molar-refractivity contribution in [3.8, 4) is 11.8 Å². The summed E-state index contributed by atoms with van der Waals surface area (Å²) in [5, 5.41) is 9.37. The average molecular weight is 300 g/mol. The number of hydrogen-bond donors (Lipinski definition) is 1. The number of ketones is 1. The molecule has 1 aromatic carbocycles. The molecular weight excluding hydrogens is 288 g/mol. The van der Waals surface area contributed by atoms with E-state index in [0.717, 1.165) is 0 Å². The van der Waals surface area contributed by atoms with Gasteiger partial charge in [-0.1, -0.05) is 0 Å². The fourth-order valence-electron chi connectivity index (χ4n) is 1.82. The SMILES string of the molecule is COc1ccc(C(=O)c2cc(C#N)c(=O)[nH]c2SC)cc1. The predicted molar refractivity (Wildman–Crippen MR) is 80.0 cm³/mol. The first-order valence-electron chi connectivity index (χ1n) is 6.01. The second-order valence-electron chi connectivity index (χ2n) is 4.13. The summed E-state index contributed by atoms with van der Waals surface area (Å²) in [5.74, 6) is 0.394. The minimum absolute atomic E-state index is 0.0790. The monoisotopic (exact) mass is 300 g/mol. The Balaban J connectivity index is 2.51. The highest BCUT2D eigenvalue weighted by Crippen LogP contribution is 2.21. The third-order valence-corrected chi connectivity index (χ3v) is 3.66. The van der Waals surface area contributed by atoms with Gasteiger partial charge < -0.3 is 9.72 Å². The van der Waals surface area contributed by atoms with Gasteiger partial charge in [0.15, 0.2) is 5.78 Å². The lowest BCUT2D eigenvalue weighted by Gasteiger charge is -2.07. The first kappa shape index (κ1) is 14.9. The number of pyridine rings is 1. The van der Waals surface area contributed by atoms with Crippen molar-refractivity contribution < 1.29 is 9.53 Å². The van der Waals surface area contributed by atoms with Gasteiger partial charge in [0.25, 0.3) is 5.56 Å². The normalized spacial score (nSPS) is 9.95. The Bertz CT molecular complexity index is 773. The zero-order chi connectivity index (χ0) is 15.4. The summed E-state index contributed by atoms with van der Waals surface area (Å²) < 4.78 is 5.05. The fourth-order valence-corrected chi connectivity index (χ4v) is 2.39. The Labute approximate surface area is 125 Å². The maximum atomic E-state index is 12.5. The van der Waals surface area contributed by atoms with Gasteiger partial charge in [0.2, 0.25) is 0 Å². The van der Waals surface area contributed by atoms with Crippen LogP contribution in [-0.2, 0) is 0 Å². The lowest BCUT2D eigenvalue weighted by Crippen LogP contribution is -2.15. The number of nitrogens with one attached hydrogen (secondary N) is 1. The first-order valence-corrected chi connectivity index (χ1v) is 7.23. The molecular formula is C15H12N2O3S. The Morgan fingerprint density at radius 2 is 2.00 bits per heavy atom. The number of methoxy groups -OCH3 is 1. The second-order valence-corrected chi connectivity index (χ2v) is 4.94. The number of aromatic amines is 1. The van der Waals surface area contributed by atoms with E-state index in [1.54, 1.807) is 43.7 Å². The molecule has 1 heterocycles. The summed E-state index contributed by atoms with van der Waals surface area (Å²) in [6, 6.07) is 9.77. The van der Waals surface area contributed by atoms with Crippen LogP contribution in [0.1, 0.15) is 21.5 Å². The second kappa shape index (κ2) is 6.29. The minimum atomic E-state index is -0.492. The molecule has 0 saturated heterocycles. The van der Waals surface area contributed by atoms with Crippen molar-refractivity contribution in [3.63, 3.8) is 0 Å². The van der Waals surface area contributed by atoms with Gasteiger partial charge in [0, 0.05) is 5.56 Å². The zero-order valence-corrected chi connectivity index (χ0v) is 12.3. The smallest absolute Gasteiger partial charge is 0.266 e. The number of hydrogen-bond acceptors (Lipinski definition) is 5. The Hall–Kier alpha value is -2.52. The Morgan fingerprint density at radius 1 is 1.33 bits per heavy atom. The molecule has 0 unspecified atom stereocenters. The van der Waals surface area contributed by atoms with Crippen LogP contribution < -0.4 is 10.3 Å². The quantitative estimate of drug-likeness (QED) is 0.691. The maximum absolute atomic E-state index is 12.5. The van der Waals surface area contributed by atoms with Crippen LogP contribution in [0.4, 0.5) is 0 Å². The largest absolute Gasteiger partial charge is 0.497 e. The van der Waals surface area contributed by atoms with E-state index in [4.69, 9.17) is 10.00 Å².